The molecule has 1 amide bonds. The molecule has 1 aromatic carbocycles. The molecule has 0 bridgehead atoms. The number of hydrogen-bond donors (Lipinski definition) is 1. The zero-order chi connectivity index (χ0) is 17.4. The van der Waals surface area contributed by atoms with Gasteiger partial charge in [-0.1, -0.05) is 37.3 Å². The van der Waals surface area contributed by atoms with Crippen LogP contribution in [0.25, 0.3) is 0 Å². The molecule has 0 unspecified atom stereocenters. The Balaban J connectivity index is 1.68. The van der Waals surface area contributed by atoms with Gasteiger partial charge in [-0.15, -0.1) is 0 Å². The van der Waals surface area contributed by atoms with Crippen LogP contribution in [0.1, 0.15) is 41.9 Å². The summed E-state index contributed by atoms with van der Waals surface area (Å²) >= 11 is 0. The largest absolute Gasteiger partial charge is 0.377 e. The van der Waals surface area contributed by atoms with Gasteiger partial charge in [0.25, 0.3) is 5.91 Å². The van der Waals surface area contributed by atoms with Gasteiger partial charge >= 0.3 is 0 Å². The highest BCUT2D eigenvalue weighted by atomic mass is 16.5. The van der Waals surface area contributed by atoms with E-state index in [1.165, 1.54) is 5.56 Å². The van der Waals surface area contributed by atoms with Gasteiger partial charge in [0, 0.05) is 25.1 Å². The molecule has 2 aliphatic rings. The van der Waals surface area contributed by atoms with Crippen molar-refractivity contribution in [2.24, 2.45) is 0 Å². The number of hydrogen-bond acceptors (Lipinski definition) is 4. The summed E-state index contributed by atoms with van der Waals surface area (Å²) < 4.78 is 7.44. The fourth-order valence-corrected chi connectivity index (χ4v) is 3.75. The lowest BCUT2D eigenvalue weighted by molar-refractivity contribution is 0.0903. The molecule has 132 valence electrons. The van der Waals surface area contributed by atoms with Crippen LogP contribution in [0.15, 0.2) is 36.4 Å². The summed E-state index contributed by atoms with van der Waals surface area (Å²) in [5.74, 6) is 1.08. The van der Waals surface area contributed by atoms with Crippen molar-refractivity contribution in [1.82, 2.24) is 15.1 Å². The third-order valence-electron chi connectivity index (χ3n) is 5.31. The Morgan fingerprint density at radius 3 is 2.88 bits per heavy atom. The van der Waals surface area contributed by atoms with Crippen molar-refractivity contribution < 1.29 is 9.53 Å². The van der Waals surface area contributed by atoms with Gasteiger partial charge in [0.2, 0.25) is 0 Å². The van der Waals surface area contributed by atoms with E-state index < -0.39 is 0 Å². The molecule has 1 saturated heterocycles. The van der Waals surface area contributed by atoms with E-state index >= 15 is 0 Å². The molecule has 1 N–H and O–H groups in total. The summed E-state index contributed by atoms with van der Waals surface area (Å²) in [6.07, 6.45) is 0. The third-order valence-corrected chi connectivity index (χ3v) is 5.31. The normalized spacial score (nSPS) is 24.6. The number of anilines is 1. The Hall–Kier alpha value is -2.34. The van der Waals surface area contributed by atoms with Gasteiger partial charge in [0.05, 0.1) is 25.3 Å². The van der Waals surface area contributed by atoms with Crippen molar-refractivity contribution in [3.05, 3.63) is 47.7 Å². The number of aromatic nitrogens is 2. The second kappa shape index (κ2) is 6.52. The fraction of sp³-hybridized carbons (Fsp3) is 0.474. The van der Waals surface area contributed by atoms with E-state index in [9.17, 15) is 4.79 Å². The summed E-state index contributed by atoms with van der Waals surface area (Å²) in [5, 5.41) is 7.85. The Bertz CT molecular complexity index is 758. The first kappa shape index (κ1) is 16.1. The van der Waals surface area contributed by atoms with Crippen molar-refractivity contribution in [2.75, 3.05) is 31.2 Å². The van der Waals surface area contributed by atoms with Gasteiger partial charge < -0.3 is 15.0 Å². The topological polar surface area (TPSA) is 59.4 Å². The number of carbonyl (C=O) groups is 1. The van der Waals surface area contributed by atoms with E-state index in [-0.39, 0.29) is 23.9 Å². The Labute approximate surface area is 147 Å². The van der Waals surface area contributed by atoms with Gasteiger partial charge in [-0.05, 0) is 12.5 Å². The number of nitrogens with one attached hydrogen (secondary N) is 1. The van der Waals surface area contributed by atoms with Crippen molar-refractivity contribution in [2.45, 2.75) is 31.8 Å². The summed E-state index contributed by atoms with van der Waals surface area (Å²) in [6, 6.07) is 12.7. The van der Waals surface area contributed by atoms with Crippen molar-refractivity contribution >= 4 is 11.7 Å². The maximum atomic E-state index is 12.4. The summed E-state index contributed by atoms with van der Waals surface area (Å²) in [5.41, 5.74) is 1.90. The minimum Gasteiger partial charge on any atom is -0.377 e. The third kappa shape index (κ3) is 2.91. The second-order valence-corrected chi connectivity index (χ2v) is 6.93. The molecule has 0 radical (unpaired) electrons. The molecular formula is C19H24N4O2. The van der Waals surface area contributed by atoms with Crippen LogP contribution in [0.2, 0.25) is 0 Å². The molecule has 25 heavy (non-hydrogen) atoms. The number of amides is 1. The van der Waals surface area contributed by atoms with Gasteiger partial charge in [0.15, 0.2) is 5.82 Å². The summed E-state index contributed by atoms with van der Waals surface area (Å²) in [7, 11) is 0. The molecule has 1 aromatic heterocycles. The maximum Gasteiger partial charge on any atom is 0.269 e. The molecule has 6 heteroatoms. The van der Waals surface area contributed by atoms with Crippen molar-refractivity contribution in [1.29, 1.82) is 0 Å². The standard InChI is InChI=1S/C19H24N4O2/c1-13-12-25-9-8-22(13)18-10-16-19(24)20-11-17(23(16)21-18)14(2)15-6-4-3-5-7-15/h3-7,10,13-14,17H,8-9,11-12H2,1-2H3,(H,20,24)/t13-,14-,17-/m1/s1. The Kier molecular flexibility index (Phi) is 4.21. The first-order valence-corrected chi connectivity index (χ1v) is 8.92. The number of benzene rings is 1. The molecule has 0 saturated carbocycles. The molecule has 1 fully saturated rings. The van der Waals surface area contributed by atoms with Crippen LogP contribution < -0.4 is 10.2 Å². The van der Waals surface area contributed by atoms with E-state index in [0.29, 0.717) is 25.5 Å². The highest BCUT2D eigenvalue weighted by Gasteiger charge is 2.33. The first-order chi connectivity index (χ1) is 12.1. The van der Waals surface area contributed by atoms with Crippen molar-refractivity contribution in [3.63, 3.8) is 0 Å². The molecule has 3 atom stereocenters. The van der Waals surface area contributed by atoms with E-state index in [0.717, 1.165) is 12.4 Å². The van der Waals surface area contributed by atoms with Crippen LogP contribution in [-0.4, -0.2) is 48.0 Å². The number of fused-ring (bicyclic) bond motifs is 1. The lowest BCUT2D eigenvalue weighted by atomic mass is 9.92. The van der Waals surface area contributed by atoms with Gasteiger partial charge in [0.1, 0.15) is 5.69 Å². The fourth-order valence-electron chi connectivity index (χ4n) is 3.75. The maximum absolute atomic E-state index is 12.4. The van der Waals surface area contributed by atoms with Crippen LogP contribution in [-0.2, 0) is 4.74 Å². The number of carbonyl (C=O) groups excluding carboxylic acids is 1. The molecule has 2 aliphatic heterocycles. The van der Waals surface area contributed by atoms with Crippen LogP contribution in [0.5, 0.6) is 0 Å². The second-order valence-electron chi connectivity index (χ2n) is 6.93. The van der Waals surface area contributed by atoms with E-state index in [4.69, 9.17) is 9.84 Å². The molecule has 6 nitrogen and oxygen atoms in total. The minimum absolute atomic E-state index is 0.0452. The predicted octanol–water partition coefficient (Wildman–Crippen LogP) is 2.20. The predicted molar refractivity (Wildman–Crippen MR) is 96.1 cm³/mol. The average Bonchev–Trinajstić information content (AvgIpc) is 3.08. The summed E-state index contributed by atoms with van der Waals surface area (Å²) in [6.45, 7) is 7.11. The first-order valence-electron chi connectivity index (χ1n) is 8.92. The highest BCUT2D eigenvalue weighted by Crippen LogP contribution is 2.32. The van der Waals surface area contributed by atoms with Crippen molar-refractivity contribution in [3.8, 4) is 0 Å². The molecular weight excluding hydrogens is 316 g/mol. The van der Waals surface area contributed by atoms with Gasteiger partial charge in [-0.2, -0.15) is 5.10 Å². The molecule has 2 aromatic rings. The zero-order valence-electron chi connectivity index (χ0n) is 14.7. The Morgan fingerprint density at radius 1 is 1.32 bits per heavy atom. The smallest absolute Gasteiger partial charge is 0.269 e. The monoisotopic (exact) mass is 340 g/mol. The van der Waals surface area contributed by atoms with E-state index in [1.54, 1.807) is 0 Å². The van der Waals surface area contributed by atoms with Crippen LogP contribution in [0, 0.1) is 0 Å². The highest BCUT2D eigenvalue weighted by molar-refractivity contribution is 5.94. The lowest BCUT2D eigenvalue weighted by Gasteiger charge is -2.33. The molecule has 0 spiro atoms. The number of rotatable bonds is 3. The average molecular weight is 340 g/mol. The SMILES string of the molecule is C[C@H](c1ccccc1)[C@H]1CNC(=O)c2cc(N3CCOC[C@H]3C)nn21. The number of nitrogens with zero attached hydrogens (tertiary/aromatic N) is 3. The van der Waals surface area contributed by atoms with E-state index in [2.05, 4.69) is 48.3 Å². The zero-order valence-corrected chi connectivity index (χ0v) is 14.7. The van der Waals surface area contributed by atoms with Gasteiger partial charge in [-0.3, -0.25) is 9.48 Å². The molecule has 0 aliphatic carbocycles. The number of morpholine rings is 1. The lowest BCUT2D eigenvalue weighted by Crippen LogP contribution is -2.44. The summed E-state index contributed by atoms with van der Waals surface area (Å²) in [4.78, 5) is 14.6. The number of ether oxygens (including phenoxy) is 1. The van der Waals surface area contributed by atoms with Gasteiger partial charge in [-0.25, -0.2) is 0 Å². The molecule has 3 heterocycles. The quantitative estimate of drug-likeness (QED) is 0.931. The van der Waals surface area contributed by atoms with E-state index in [1.807, 2.05) is 16.8 Å². The minimum atomic E-state index is -0.0452. The van der Waals surface area contributed by atoms with Crippen LogP contribution in [0.3, 0.4) is 0 Å². The molecule has 4 rings (SSSR count). The Morgan fingerprint density at radius 2 is 2.12 bits per heavy atom. The van der Waals surface area contributed by atoms with Crippen LogP contribution in [0.4, 0.5) is 5.82 Å². The van der Waals surface area contributed by atoms with Crippen LogP contribution >= 0.6 is 0 Å².